The van der Waals surface area contributed by atoms with Gasteiger partial charge < -0.3 is 11.1 Å². The van der Waals surface area contributed by atoms with E-state index in [0.717, 1.165) is 12.1 Å². The second-order valence-electron chi connectivity index (χ2n) is 3.04. The van der Waals surface area contributed by atoms with Crippen LogP contribution < -0.4 is 11.1 Å². The Hall–Kier alpha value is -2.24. The molecule has 4 nitrogen and oxygen atoms in total. The van der Waals surface area contributed by atoms with E-state index in [1.54, 1.807) is 0 Å². The zero-order chi connectivity index (χ0) is 11.5. The van der Waals surface area contributed by atoms with Gasteiger partial charge in [0.15, 0.2) is 23.3 Å². The van der Waals surface area contributed by atoms with E-state index in [1.165, 1.54) is 18.5 Å². The quantitative estimate of drug-likeness (QED) is 0.816. The number of nitrogens with two attached hydrogens (primary N) is 1. The van der Waals surface area contributed by atoms with Crippen LogP contribution in [0.1, 0.15) is 0 Å². The normalized spacial score (nSPS) is 10.1. The summed E-state index contributed by atoms with van der Waals surface area (Å²) in [6.07, 6.45) is 2.88. The van der Waals surface area contributed by atoms with Gasteiger partial charge in [-0.3, -0.25) is 0 Å². The molecule has 0 aliphatic heterocycles. The molecule has 1 aromatic carbocycles. The van der Waals surface area contributed by atoms with Gasteiger partial charge in [0.1, 0.15) is 0 Å². The fourth-order valence-electron chi connectivity index (χ4n) is 1.16. The van der Waals surface area contributed by atoms with Gasteiger partial charge in [0.25, 0.3) is 0 Å². The fraction of sp³-hybridized carbons (Fsp3) is 0. The first-order valence-corrected chi connectivity index (χ1v) is 4.45. The minimum absolute atomic E-state index is 0.187. The van der Waals surface area contributed by atoms with Crippen LogP contribution in [0.15, 0.2) is 30.6 Å². The molecule has 0 aliphatic rings. The van der Waals surface area contributed by atoms with Gasteiger partial charge in [-0.05, 0) is 12.1 Å². The van der Waals surface area contributed by atoms with Gasteiger partial charge in [-0.2, -0.15) is 0 Å². The predicted molar refractivity (Wildman–Crippen MR) is 56.1 cm³/mol. The molecule has 0 atom stereocenters. The third kappa shape index (κ3) is 2.05. The molecule has 0 unspecified atom stereocenters. The number of hydrogen-bond donors (Lipinski definition) is 2. The maximum atomic E-state index is 12.9. The van der Waals surface area contributed by atoms with Crippen molar-refractivity contribution in [2.45, 2.75) is 0 Å². The van der Waals surface area contributed by atoms with E-state index >= 15 is 0 Å². The summed E-state index contributed by atoms with van der Waals surface area (Å²) in [6.45, 7) is 0. The molecule has 6 heteroatoms. The molecular formula is C10H8F2N4. The molecule has 16 heavy (non-hydrogen) atoms. The molecule has 0 saturated carbocycles. The average molecular weight is 222 g/mol. The Morgan fingerprint density at radius 2 is 1.81 bits per heavy atom. The first kappa shape index (κ1) is 10.3. The first-order valence-electron chi connectivity index (χ1n) is 4.45. The molecule has 0 aliphatic carbocycles. The minimum atomic E-state index is -0.938. The fourth-order valence-corrected chi connectivity index (χ4v) is 1.16. The van der Waals surface area contributed by atoms with E-state index in [9.17, 15) is 8.78 Å². The lowest BCUT2D eigenvalue weighted by Gasteiger charge is -2.06. The van der Waals surface area contributed by atoms with Gasteiger partial charge in [0.05, 0.1) is 0 Å². The molecule has 3 N–H and O–H groups in total. The summed E-state index contributed by atoms with van der Waals surface area (Å²) in [5.41, 5.74) is 5.89. The van der Waals surface area contributed by atoms with Crippen molar-refractivity contribution in [3.63, 3.8) is 0 Å². The highest BCUT2D eigenvalue weighted by atomic mass is 19.2. The summed E-state index contributed by atoms with van der Waals surface area (Å²) in [6, 6.07) is 3.42. The molecule has 0 radical (unpaired) electrons. The monoisotopic (exact) mass is 222 g/mol. The lowest BCUT2D eigenvalue weighted by atomic mass is 10.3. The topological polar surface area (TPSA) is 63.8 Å². The highest BCUT2D eigenvalue weighted by Crippen LogP contribution is 2.19. The van der Waals surface area contributed by atoms with Crippen LogP contribution in [0.2, 0.25) is 0 Å². The van der Waals surface area contributed by atoms with E-state index in [2.05, 4.69) is 15.3 Å². The molecule has 0 amide bonds. The number of aromatic nitrogens is 2. The molecule has 2 aromatic rings. The Kier molecular flexibility index (Phi) is 2.63. The third-order valence-corrected chi connectivity index (χ3v) is 1.91. The van der Waals surface area contributed by atoms with Crippen molar-refractivity contribution in [1.82, 2.24) is 9.97 Å². The lowest BCUT2D eigenvalue weighted by molar-refractivity contribution is 0.509. The van der Waals surface area contributed by atoms with E-state index in [1.807, 2.05) is 0 Å². The standard InChI is InChI=1S/C10H8F2N4/c11-7-2-1-6(5-8(7)12)16-10-9(13)14-3-4-15-10/h1-5H,(H2,13,14)(H,15,16). The van der Waals surface area contributed by atoms with Crippen molar-refractivity contribution in [3.05, 3.63) is 42.2 Å². The van der Waals surface area contributed by atoms with Gasteiger partial charge in [-0.1, -0.05) is 0 Å². The Bertz CT molecular complexity index is 516. The van der Waals surface area contributed by atoms with Crippen LogP contribution in [-0.2, 0) is 0 Å². The molecule has 1 aromatic heterocycles. The van der Waals surface area contributed by atoms with Crippen LogP contribution in [0.4, 0.5) is 26.1 Å². The molecule has 0 spiro atoms. The zero-order valence-electron chi connectivity index (χ0n) is 8.11. The Morgan fingerprint density at radius 3 is 2.50 bits per heavy atom. The van der Waals surface area contributed by atoms with Crippen molar-refractivity contribution in [3.8, 4) is 0 Å². The number of anilines is 3. The van der Waals surface area contributed by atoms with Crippen LogP contribution in [-0.4, -0.2) is 9.97 Å². The third-order valence-electron chi connectivity index (χ3n) is 1.91. The lowest BCUT2D eigenvalue weighted by Crippen LogP contribution is -2.01. The number of nitrogens with one attached hydrogen (secondary N) is 1. The van der Waals surface area contributed by atoms with Crippen molar-refractivity contribution in [1.29, 1.82) is 0 Å². The van der Waals surface area contributed by atoms with E-state index in [-0.39, 0.29) is 5.82 Å². The molecule has 0 saturated heterocycles. The van der Waals surface area contributed by atoms with Crippen LogP contribution in [0, 0.1) is 11.6 Å². The average Bonchev–Trinajstić information content (AvgIpc) is 2.27. The molecule has 82 valence electrons. The smallest absolute Gasteiger partial charge is 0.173 e. The van der Waals surface area contributed by atoms with E-state index < -0.39 is 11.6 Å². The first-order chi connectivity index (χ1) is 7.66. The molecule has 1 heterocycles. The zero-order valence-corrected chi connectivity index (χ0v) is 8.11. The Balaban J connectivity index is 2.28. The summed E-state index contributed by atoms with van der Waals surface area (Å²) in [4.78, 5) is 7.71. The number of hydrogen-bond acceptors (Lipinski definition) is 4. The SMILES string of the molecule is Nc1nccnc1Nc1ccc(F)c(F)c1. The molecule has 0 fully saturated rings. The summed E-state index contributed by atoms with van der Waals surface area (Å²) in [7, 11) is 0. The van der Waals surface area contributed by atoms with Crippen molar-refractivity contribution >= 4 is 17.3 Å². The van der Waals surface area contributed by atoms with Crippen LogP contribution >= 0.6 is 0 Å². The largest absolute Gasteiger partial charge is 0.381 e. The van der Waals surface area contributed by atoms with Crippen LogP contribution in [0.25, 0.3) is 0 Å². The summed E-state index contributed by atoms with van der Waals surface area (Å²) < 4.78 is 25.6. The second-order valence-corrected chi connectivity index (χ2v) is 3.04. The maximum absolute atomic E-state index is 12.9. The van der Waals surface area contributed by atoms with E-state index in [0.29, 0.717) is 11.5 Å². The van der Waals surface area contributed by atoms with Gasteiger partial charge >= 0.3 is 0 Å². The Morgan fingerprint density at radius 1 is 1.06 bits per heavy atom. The number of nitrogen functional groups attached to an aromatic ring is 1. The van der Waals surface area contributed by atoms with Gasteiger partial charge in [-0.25, -0.2) is 18.7 Å². The van der Waals surface area contributed by atoms with Crippen molar-refractivity contribution in [2.75, 3.05) is 11.1 Å². The van der Waals surface area contributed by atoms with Gasteiger partial charge in [-0.15, -0.1) is 0 Å². The molecular weight excluding hydrogens is 214 g/mol. The summed E-state index contributed by atoms with van der Waals surface area (Å²) in [5.74, 6) is -1.36. The number of benzene rings is 1. The van der Waals surface area contributed by atoms with Crippen LogP contribution in [0.3, 0.4) is 0 Å². The van der Waals surface area contributed by atoms with Crippen molar-refractivity contribution in [2.24, 2.45) is 0 Å². The maximum Gasteiger partial charge on any atom is 0.173 e. The predicted octanol–water partition coefficient (Wildman–Crippen LogP) is 2.08. The minimum Gasteiger partial charge on any atom is -0.381 e. The van der Waals surface area contributed by atoms with Crippen molar-refractivity contribution < 1.29 is 8.78 Å². The van der Waals surface area contributed by atoms with E-state index in [4.69, 9.17) is 5.73 Å². The number of rotatable bonds is 2. The summed E-state index contributed by atoms with van der Waals surface area (Å²) in [5, 5.41) is 2.73. The van der Waals surface area contributed by atoms with Crippen LogP contribution in [0.5, 0.6) is 0 Å². The van der Waals surface area contributed by atoms with Gasteiger partial charge in [0.2, 0.25) is 0 Å². The number of halogens is 2. The highest BCUT2D eigenvalue weighted by Gasteiger charge is 2.05. The highest BCUT2D eigenvalue weighted by molar-refractivity contribution is 5.65. The van der Waals surface area contributed by atoms with Gasteiger partial charge in [0, 0.05) is 24.1 Å². The molecule has 2 rings (SSSR count). The second kappa shape index (κ2) is 4.09. The summed E-state index contributed by atoms with van der Waals surface area (Å²) >= 11 is 0. The molecule has 0 bridgehead atoms. The number of nitrogens with zero attached hydrogens (tertiary/aromatic N) is 2. The Labute approximate surface area is 90.1 Å².